The Balaban J connectivity index is 2.13. The maximum atomic E-state index is 6.34. The second kappa shape index (κ2) is 7.10. The second-order valence-corrected chi connectivity index (χ2v) is 6.19. The number of aryl methyl sites for hydroxylation is 2. The van der Waals surface area contributed by atoms with Gasteiger partial charge in [0.2, 0.25) is 0 Å². The van der Waals surface area contributed by atoms with Gasteiger partial charge in [0.05, 0.1) is 23.0 Å². The van der Waals surface area contributed by atoms with E-state index >= 15 is 0 Å². The van der Waals surface area contributed by atoms with Crippen LogP contribution in [0.1, 0.15) is 49.2 Å². The summed E-state index contributed by atoms with van der Waals surface area (Å²) in [6, 6.07) is 9.24. The van der Waals surface area contributed by atoms with E-state index in [0.717, 1.165) is 23.6 Å². The van der Waals surface area contributed by atoms with Gasteiger partial charge in [-0.2, -0.15) is 5.10 Å². The van der Waals surface area contributed by atoms with Crippen molar-refractivity contribution in [3.05, 3.63) is 52.3 Å². The fourth-order valence-electron chi connectivity index (χ4n) is 2.57. The van der Waals surface area contributed by atoms with Crippen molar-refractivity contribution in [1.29, 1.82) is 0 Å². The van der Waals surface area contributed by atoms with Crippen molar-refractivity contribution in [3.63, 3.8) is 0 Å². The Morgan fingerprint density at radius 3 is 2.48 bits per heavy atom. The number of hydrogen-bond acceptors (Lipinski definition) is 2. The molecule has 0 bridgehead atoms. The topological polar surface area (TPSA) is 29.9 Å². The van der Waals surface area contributed by atoms with Crippen LogP contribution in [0.2, 0.25) is 5.02 Å². The zero-order chi connectivity index (χ0) is 15.4. The van der Waals surface area contributed by atoms with Gasteiger partial charge in [0, 0.05) is 6.04 Å². The van der Waals surface area contributed by atoms with Gasteiger partial charge < -0.3 is 5.32 Å². The molecule has 1 aromatic carbocycles. The van der Waals surface area contributed by atoms with Crippen LogP contribution < -0.4 is 5.32 Å². The Hall–Kier alpha value is -1.32. The Morgan fingerprint density at radius 1 is 1.24 bits per heavy atom. The Labute approximate surface area is 132 Å². The maximum Gasteiger partial charge on any atom is 0.0834 e. The highest BCUT2D eigenvalue weighted by Gasteiger charge is 2.20. The molecule has 0 saturated carbocycles. The summed E-state index contributed by atoms with van der Waals surface area (Å²) in [5.74, 6) is 0. The van der Waals surface area contributed by atoms with Gasteiger partial charge in [-0.15, -0.1) is 0 Å². The molecule has 0 spiro atoms. The van der Waals surface area contributed by atoms with Gasteiger partial charge in [0.1, 0.15) is 0 Å². The lowest BCUT2D eigenvalue weighted by Crippen LogP contribution is -2.22. The van der Waals surface area contributed by atoms with E-state index in [-0.39, 0.29) is 6.04 Å². The largest absolute Gasteiger partial charge is 0.312 e. The van der Waals surface area contributed by atoms with Gasteiger partial charge in [-0.05, 0) is 46.2 Å². The normalized spacial score (nSPS) is 12.9. The van der Waals surface area contributed by atoms with Crippen LogP contribution in [0.25, 0.3) is 0 Å². The molecule has 0 saturated heterocycles. The van der Waals surface area contributed by atoms with Crippen molar-refractivity contribution >= 4 is 11.6 Å². The molecule has 2 rings (SSSR count). The van der Waals surface area contributed by atoms with Gasteiger partial charge in [0.25, 0.3) is 0 Å². The number of rotatable bonds is 6. The zero-order valence-corrected chi connectivity index (χ0v) is 14.0. The molecule has 1 unspecified atom stereocenters. The molecule has 0 aliphatic carbocycles. The molecule has 0 fully saturated rings. The SMILES string of the molecule is CNC(CCc1ccc(C)cc1)c1c(Cl)cnn1C(C)C. The van der Waals surface area contributed by atoms with Crippen LogP contribution in [0, 0.1) is 6.92 Å². The zero-order valence-electron chi connectivity index (χ0n) is 13.2. The summed E-state index contributed by atoms with van der Waals surface area (Å²) in [5, 5.41) is 8.51. The first-order valence-electron chi connectivity index (χ1n) is 7.48. The predicted molar refractivity (Wildman–Crippen MR) is 88.9 cm³/mol. The summed E-state index contributed by atoms with van der Waals surface area (Å²) in [5.41, 5.74) is 3.73. The number of nitrogens with zero attached hydrogens (tertiary/aromatic N) is 2. The highest BCUT2D eigenvalue weighted by Crippen LogP contribution is 2.28. The lowest BCUT2D eigenvalue weighted by Gasteiger charge is -2.20. The molecule has 1 atom stereocenters. The van der Waals surface area contributed by atoms with Crippen molar-refractivity contribution in [3.8, 4) is 0 Å². The molecule has 1 aromatic heterocycles. The van der Waals surface area contributed by atoms with Gasteiger partial charge >= 0.3 is 0 Å². The average Bonchev–Trinajstić information content (AvgIpc) is 2.84. The Bertz CT molecular complexity index is 572. The third kappa shape index (κ3) is 3.86. The van der Waals surface area contributed by atoms with Crippen molar-refractivity contribution in [1.82, 2.24) is 15.1 Å². The third-order valence-electron chi connectivity index (χ3n) is 3.80. The highest BCUT2D eigenvalue weighted by atomic mass is 35.5. The van der Waals surface area contributed by atoms with E-state index in [0.29, 0.717) is 6.04 Å². The fourth-order valence-corrected chi connectivity index (χ4v) is 2.83. The van der Waals surface area contributed by atoms with Crippen LogP contribution in [-0.4, -0.2) is 16.8 Å². The minimum atomic E-state index is 0.212. The second-order valence-electron chi connectivity index (χ2n) is 5.78. The van der Waals surface area contributed by atoms with E-state index in [1.807, 2.05) is 11.7 Å². The van der Waals surface area contributed by atoms with Crippen LogP contribution in [-0.2, 0) is 6.42 Å². The first kappa shape index (κ1) is 16.1. The maximum absolute atomic E-state index is 6.34. The van der Waals surface area contributed by atoms with E-state index < -0.39 is 0 Å². The number of nitrogens with one attached hydrogen (secondary N) is 1. The average molecular weight is 306 g/mol. The molecule has 21 heavy (non-hydrogen) atoms. The van der Waals surface area contributed by atoms with Crippen molar-refractivity contribution in [2.24, 2.45) is 0 Å². The van der Waals surface area contributed by atoms with Crippen LogP contribution in [0.5, 0.6) is 0 Å². The molecule has 0 amide bonds. The summed E-state index contributed by atoms with van der Waals surface area (Å²) in [6.45, 7) is 6.36. The predicted octanol–water partition coefficient (Wildman–Crippen LogP) is 4.32. The van der Waals surface area contributed by atoms with Gasteiger partial charge in [-0.25, -0.2) is 0 Å². The van der Waals surface area contributed by atoms with Gasteiger partial charge in [0.15, 0.2) is 0 Å². The number of aromatic nitrogens is 2. The molecule has 4 heteroatoms. The molecule has 0 radical (unpaired) electrons. The number of benzene rings is 1. The minimum Gasteiger partial charge on any atom is -0.312 e. The third-order valence-corrected chi connectivity index (χ3v) is 4.09. The molecule has 1 N–H and O–H groups in total. The summed E-state index contributed by atoms with van der Waals surface area (Å²) in [6.07, 6.45) is 3.76. The van der Waals surface area contributed by atoms with Crippen LogP contribution in [0.4, 0.5) is 0 Å². The first-order chi connectivity index (χ1) is 10.0. The molecular weight excluding hydrogens is 282 g/mol. The Kier molecular flexibility index (Phi) is 5.43. The fraction of sp³-hybridized carbons (Fsp3) is 0.471. The van der Waals surface area contributed by atoms with Gasteiger partial charge in [-0.3, -0.25) is 4.68 Å². The van der Waals surface area contributed by atoms with Crippen molar-refractivity contribution < 1.29 is 0 Å². The summed E-state index contributed by atoms with van der Waals surface area (Å²) in [7, 11) is 1.98. The van der Waals surface area contributed by atoms with E-state index in [4.69, 9.17) is 11.6 Å². The monoisotopic (exact) mass is 305 g/mol. The number of halogens is 1. The first-order valence-corrected chi connectivity index (χ1v) is 7.86. The lowest BCUT2D eigenvalue weighted by atomic mass is 10.0. The molecule has 1 heterocycles. The summed E-state index contributed by atoms with van der Waals surface area (Å²) < 4.78 is 2.01. The van der Waals surface area contributed by atoms with E-state index in [9.17, 15) is 0 Å². The van der Waals surface area contributed by atoms with E-state index in [1.165, 1.54) is 11.1 Å². The molecule has 114 valence electrons. The molecule has 0 aliphatic rings. The van der Waals surface area contributed by atoms with Gasteiger partial charge in [-0.1, -0.05) is 41.4 Å². The van der Waals surface area contributed by atoms with Crippen LogP contribution >= 0.6 is 11.6 Å². The standard InChI is InChI=1S/C17H24ClN3/c1-12(2)21-17(15(18)11-20-21)16(19-4)10-9-14-7-5-13(3)6-8-14/h5-8,11-12,16,19H,9-10H2,1-4H3. The molecular formula is C17H24ClN3. The summed E-state index contributed by atoms with van der Waals surface area (Å²) in [4.78, 5) is 0. The Morgan fingerprint density at radius 2 is 1.90 bits per heavy atom. The quantitative estimate of drug-likeness (QED) is 0.861. The highest BCUT2D eigenvalue weighted by molar-refractivity contribution is 6.31. The smallest absolute Gasteiger partial charge is 0.0834 e. The van der Waals surface area contributed by atoms with Crippen molar-refractivity contribution in [2.45, 2.75) is 45.7 Å². The molecule has 0 aliphatic heterocycles. The number of hydrogen-bond donors (Lipinski definition) is 1. The van der Waals surface area contributed by atoms with Crippen molar-refractivity contribution in [2.75, 3.05) is 7.05 Å². The van der Waals surface area contributed by atoms with E-state index in [1.54, 1.807) is 6.20 Å². The summed E-state index contributed by atoms with van der Waals surface area (Å²) >= 11 is 6.34. The molecule has 3 nitrogen and oxygen atoms in total. The van der Waals surface area contributed by atoms with Crippen LogP contribution in [0.15, 0.2) is 30.5 Å². The van der Waals surface area contributed by atoms with E-state index in [2.05, 4.69) is 55.5 Å². The minimum absolute atomic E-state index is 0.212. The molecule has 2 aromatic rings. The lowest BCUT2D eigenvalue weighted by molar-refractivity contribution is 0.447. The van der Waals surface area contributed by atoms with Crippen LogP contribution in [0.3, 0.4) is 0 Å².